The molecule has 3 aromatic rings. The molecular formula is C28H20N2O4. The van der Waals surface area contributed by atoms with Crippen LogP contribution in [0.5, 0.6) is 11.5 Å². The number of Topliss-reactive ketones (excluding diaryl/α,β-unsaturated/α-hetero) is 2. The Morgan fingerprint density at radius 3 is 1.47 bits per heavy atom. The van der Waals surface area contributed by atoms with Crippen LogP contribution in [0.2, 0.25) is 0 Å². The van der Waals surface area contributed by atoms with Crippen molar-refractivity contribution in [1.82, 2.24) is 0 Å². The monoisotopic (exact) mass is 448 g/mol. The van der Waals surface area contributed by atoms with Crippen molar-refractivity contribution in [2.24, 2.45) is 0 Å². The average molecular weight is 448 g/mol. The highest BCUT2D eigenvalue weighted by Gasteiger charge is 2.15. The van der Waals surface area contributed by atoms with E-state index >= 15 is 0 Å². The summed E-state index contributed by atoms with van der Waals surface area (Å²) in [6, 6.07) is 23.9. The molecule has 0 N–H and O–H groups in total. The van der Waals surface area contributed by atoms with Gasteiger partial charge in [-0.2, -0.15) is 10.5 Å². The number of ketones is 2. The quantitative estimate of drug-likeness (QED) is 0.264. The first kappa shape index (κ1) is 23.7. The van der Waals surface area contributed by atoms with Crippen LogP contribution in [0.4, 0.5) is 0 Å². The molecule has 0 heterocycles. The number of methoxy groups -OCH3 is 2. The lowest BCUT2D eigenvalue weighted by Crippen LogP contribution is -2.03. The van der Waals surface area contributed by atoms with E-state index in [1.54, 1.807) is 72.8 Å². The second-order valence-electron chi connectivity index (χ2n) is 7.13. The molecule has 166 valence electrons. The van der Waals surface area contributed by atoms with Crippen LogP contribution in [-0.4, -0.2) is 25.8 Å². The Labute approximate surface area is 197 Å². The molecule has 0 atom stereocenters. The molecule has 0 bridgehead atoms. The van der Waals surface area contributed by atoms with Crippen molar-refractivity contribution < 1.29 is 19.1 Å². The molecule has 34 heavy (non-hydrogen) atoms. The van der Waals surface area contributed by atoms with Gasteiger partial charge in [-0.05, 0) is 53.6 Å². The number of carbonyl (C=O) groups is 2. The Kier molecular flexibility index (Phi) is 7.73. The Morgan fingerprint density at radius 1 is 0.676 bits per heavy atom. The normalized spacial score (nSPS) is 11.2. The third-order valence-corrected chi connectivity index (χ3v) is 4.93. The van der Waals surface area contributed by atoms with Crippen LogP contribution >= 0.6 is 0 Å². The highest BCUT2D eigenvalue weighted by Crippen LogP contribution is 2.20. The van der Waals surface area contributed by atoms with Gasteiger partial charge in [-0.15, -0.1) is 0 Å². The second-order valence-corrected chi connectivity index (χ2v) is 7.13. The SMILES string of the molecule is COc1cccc(C(=O)/C(C#N)=C/c2cccc(/C=C(\C#N)C(=O)c3cccc(OC)c3)c2)c1. The second kappa shape index (κ2) is 11.1. The van der Waals surface area contributed by atoms with Crippen LogP contribution in [0.25, 0.3) is 12.2 Å². The lowest BCUT2D eigenvalue weighted by molar-refractivity contribution is 0.103. The zero-order chi connectivity index (χ0) is 24.5. The van der Waals surface area contributed by atoms with Crippen molar-refractivity contribution in [3.8, 4) is 23.6 Å². The maximum Gasteiger partial charge on any atom is 0.203 e. The molecule has 0 saturated heterocycles. The van der Waals surface area contributed by atoms with Crippen molar-refractivity contribution in [2.45, 2.75) is 0 Å². The summed E-state index contributed by atoms with van der Waals surface area (Å²) >= 11 is 0. The molecule has 0 aromatic heterocycles. The van der Waals surface area contributed by atoms with Crippen molar-refractivity contribution >= 4 is 23.7 Å². The Bertz CT molecular complexity index is 1290. The zero-order valence-electron chi connectivity index (χ0n) is 18.6. The van der Waals surface area contributed by atoms with Crippen molar-refractivity contribution in [3.05, 3.63) is 106 Å². The largest absolute Gasteiger partial charge is 0.497 e. The van der Waals surface area contributed by atoms with E-state index in [-0.39, 0.29) is 11.1 Å². The molecule has 0 aliphatic rings. The Morgan fingerprint density at radius 2 is 1.09 bits per heavy atom. The summed E-state index contributed by atoms with van der Waals surface area (Å²) in [7, 11) is 3.00. The predicted octanol–water partition coefficient (Wildman–Crippen LogP) is 5.28. The number of nitrogens with zero attached hydrogens (tertiary/aromatic N) is 2. The zero-order valence-corrected chi connectivity index (χ0v) is 18.6. The maximum absolute atomic E-state index is 12.8. The molecule has 3 aromatic carbocycles. The number of hydrogen-bond donors (Lipinski definition) is 0. The number of rotatable bonds is 8. The van der Waals surface area contributed by atoms with Crippen LogP contribution in [0.3, 0.4) is 0 Å². The standard InChI is InChI=1S/C28H20N2O4/c1-33-25-10-4-8-21(15-25)27(31)23(17-29)13-19-6-3-7-20(12-19)14-24(18-30)28(32)22-9-5-11-26(16-22)34-2/h3-16H,1-2H3/b23-13+,24-14+. The molecule has 0 saturated carbocycles. The van der Waals surface area contributed by atoms with Gasteiger partial charge in [-0.25, -0.2) is 0 Å². The number of allylic oxidation sites excluding steroid dienone is 2. The van der Waals surface area contributed by atoms with Gasteiger partial charge in [-0.3, -0.25) is 9.59 Å². The van der Waals surface area contributed by atoms with Crippen molar-refractivity contribution in [3.63, 3.8) is 0 Å². The smallest absolute Gasteiger partial charge is 0.203 e. The summed E-state index contributed by atoms with van der Waals surface area (Å²) in [5.74, 6) is 0.154. The van der Waals surface area contributed by atoms with Gasteiger partial charge in [0.1, 0.15) is 34.8 Å². The number of nitriles is 2. The molecule has 0 radical (unpaired) electrons. The summed E-state index contributed by atoms with van der Waals surface area (Å²) in [4.78, 5) is 25.6. The van der Waals surface area contributed by atoms with E-state index in [2.05, 4.69) is 0 Å². The summed E-state index contributed by atoms with van der Waals surface area (Å²) in [6.07, 6.45) is 2.93. The summed E-state index contributed by atoms with van der Waals surface area (Å²) in [6.45, 7) is 0. The molecular weight excluding hydrogens is 428 g/mol. The minimum atomic E-state index is -0.437. The topological polar surface area (TPSA) is 100 Å². The third-order valence-electron chi connectivity index (χ3n) is 4.93. The van der Waals surface area contributed by atoms with Crippen LogP contribution in [0.1, 0.15) is 31.8 Å². The number of hydrogen-bond acceptors (Lipinski definition) is 6. The van der Waals surface area contributed by atoms with E-state index in [1.807, 2.05) is 12.1 Å². The van der Waals surface area contributed by atoms with Crippen LogP contribution in [0, 0.1) is 22.7 Å². The summed E-state index contributed by atoms with van der Waals surface area (Å²) in [5, 5.41) is 19.1. The van der Waals surface area contributed by atoms with Crippen LogP contribution < -0.4 is 9.47 Å². The van der Waals surface area contributed by atoms with E-state index in [1.165, 1.54) is 26.4 Å². The highest BCUT2D eigenvalue weighted by atomic mass is 16.5. The van der Waals surface area contributed by atoms with Gasteiger partial charge in [-0.1, -0.05) is 42.5 Å². The fourth-order valence-electron chi connectivity index (χ4n) is 3.21. The molecule has 0 spiro atoms. The summed E-state index contributed by atoms with van der Waals surface area (Å²) < 4.78 is 10.3. The average Bonchev–Trinajstić information content (AvgIpc) is 2.89. The first-order valence-electron chi connectivity index (χ1n) is 10.2. The van der Waals surface area contributed by atoms with E-state index < -0.39 is 11.6 Å². The highest BCUT2D eigenvalue weighted by molar-refractivity contribution is 6.15. The van der Waals surface area contributed by atoms with Gasteiger partial charge >= 0.3 is 0 Å². The minimum Gasteiger partial charge on any atom is -0.497 e. The first-order valence-corrected chi connectivity index (χ1v) is 10.2. The lowest BCUT2D eigenvalue weighted by atomic mass is 9.99. The van der Waals surface area contributed by atoms with Crippen LogP contribution in [0.15, 0.2) is 83.9 Å². The molecule has 0 amide bonds. The van der Waals surface area contributed by atoms with Gasteiger partial charge in [0, 0.05) is 11.1 Å². The minimum absolute atomic E-state index is 0.0534. The van der Waals surface area contributed by atoms with Gasteiger partial charge in [0.25, 0.3) is 0 Å². The van der Waals surface area contributed by atoms with Gasteiger partial charge < -0.3 is 9.47 Å². The number of benzene rings is 3. The van der Waals surface area contributed by atoms with Gasteiger partial charge in [0.05, 0.1) is 14.2 Å². The molecule has 6 nitrogen and oxygen atoms in total. The fourth-order valence-corrected chi connectivity index (χ4v) is 3.21. The predicted molar refractivity (Wildman–Crippen MR) is 128 cm³/mol. The van der Waals surface area contributed by atoms with Crippen LogP contribution in [-0.2, 0) is 0 Å². The van der Waals surface area contributed by atoms with E-state index in [0.29, 0.717) is 33.8 Å². The number of carbonyl (C=O) groups excluding carboxylic acids is 2. The molecule has 0 aliphatic carbocycles. The van der Waals surface area contributed by atoms with Crippen molar-refractivity contribution in [2.75, 3.05) is 14.2 Å². The Balaban J connectivity index is 1.92. The van der Waals surface area contributed by atoms with Gasteiger partial charge in [0.2, 0.25) is 11.6 Å². The fraction of sp³-hybridized carbons (Fsp3) is 0.0714. The maximum atomic E-state index is 12.8. The summed E-state index contributed by atoms with van der Waals surface area (Å²) in [5.41, 5.74) is 1.71. The molecule has 0 aliphatic heterocycles. The third kappa shape index (κ3) is 5.64. The van der Waals surface area contributed by atoms with E-state index in [9.17, 15) is 20.1 Å². The Hall–Kier alpha value is -4.94. The molecule has 0 fully saturated rings. The van der Waals surface area contributed by atoms with E-state index in [0.717, 1.165) is 0 Å². The molecule has 0 unspecified atom stereocenters. The lowest BCUT2D eigenvalue weighted by Gasteiger charge is -2.05. The van der Waals surface area contributed by atoms with E-state index in [4.69, 9.17) is 9.47 Å². The molecule has 3 rings (SSSR count). The van der Waals surface area contributed by atoms with Crippen molar-refractivity contribution in [1.29, 1.82) is 10.5 Å². The number of ether oxygens (including phenoxy) is 2. The first-order chi connectivity index (χ1) is 16.5. The molecule has 6 heteroatoms. The van der Waals surface area contributed by atoms with Gasteiger partial charge in [0.15, 0.2) is 0 Å².